The summed E-state index contributed by atoms with van der Waals surface area (Å²) in [7, 11) is 0. The van der Waals surface area contributed by atoms with E-state index in [4.69, 9.17) is 0 Å². The van der Waals surface area contributed by atoms with E-state index in [2.05, 4.69) is 29.3 Å². The summed E-state index contributed by atoms with van der Waals surface area (Å²) in [6, 6.07) is 1.10. The van der Waals surface area contributed by atoms with Gasteiger partial charge in [0.1, 0.15) is 0 Å². The Morgan fingerprint density at radius 3 is 2.86 bits per heavy atom. The van der Waals surface area contributed by atoms with Gasteiger partial charge >= 0.3 is 0 Å². The van der Waals surface area contributed by atoms with Crippen molar-refractivity contribution in [3.05, 3.63) is 0 Å². The van der Waals surface area contributed by atoms with E-state index in [0.717, 1.165) is 17.6 Å². The van der Waals surface area contributed by atoms with Crippen LogP contribution in [0.5, 0.6) is 0 Å². The zero-order valence-corrected chi connectivity index (χ0v) is 14.1. The fourth-order valence-electron chi connectivity index (χ4n) is 4.46. The maximum absolute atomic E-state index is 12.5. The lowest BCUT2D eigenvalue weighted by Gasteiger charge is -2.40. The van der Waals surface area contributed by atoms with Gasteiger partial charge in [0.05, 0.1) is 6.04 Å². The van der Waals surface area contributed by atoms with Crippen LogP contribution < -0.4 is 10.6 Å². The van der Waals surface area contributed by atoms with E-state index in [1.165, 1.54) is 57.1 Å². The lowest BCUT2D eigenvalue weighted by Crippen LogP contribution is -2.56. The van der Waals surface area contributed by atoms with E-state index in [9.17, 15) is 4.79 Å². The van der Waals surface area contributed by atoms with Crippen molar-refractivity contribution in [2.45, 2.75) is 88.1 Å². The van der Waals surface area contributed by atoms with Gasteiger partial charge < -0.3 is 10.6 Å². The summed E-state index contributed by atoms with van der Waals surface area (Å²) in [5.74, 6) is 2.30. The Morgan fingerprint density at radius 1 is 1.14 bits per heavy atom. The highest BCUT2D eigenvalue weighted by molar-refractivity contribution is 7.99. The molecule has 1 aliphatic heterocycles. The van der Waals surface area contributed by atoms with Crippen molar-refractivity contribution in [2.24, 2.45) is 5.92 Å². The summed E-state index contributed by atoms with van der Waals surface area (Å²) in [6.07, 6.45) is 11.2. The van der Waals surface area contributed by atoms with Crippen LogP contribution in [0.15, 0.2) is 0 Å². The molecule has 21 heavy (non-hydrogen) atoms. The lowest BCUT2D eigenvalue weighted by molar-refractivity contribution is -0.125. The smallest absolute Gasteiger partial charge is 0.237 e. The second kappa shape index (κ2) is 7.36. The van der Waals surface area contributed by atoms with Crippen molar-refractivity contribution in [3.8, 4) is 0 Å². The number of carbonyl (C=O) groups excluding carboxylic acids is 1. The van der Waals surface area contributed by atoms with Crippen LogP contribution in [0.25, 0.3) is 0 Å². The average molecular weight is 311 g/mol. The van der Waals surface area contributed by atoms with Crippen LogP contribution in [-0.4, -0.2) is 35.0 Å². The number of hydrogen-bond donors (Lipinski definition) is 2. The first-order valence-corrected chi connectivity index (χ1v) is 9.99. The first kappa shape index (κ1) is 15.7. The van der Waals surface area contributed by atoms with Gasteiger partial charge in [0.15, 0.2) is 0 Å². The third kappa shape index (κ3) is 3.95. The van der Waals surface area contributed by atoms with Crippen LogP contribution in [0.3, 0.4) is 0 Å². The summed E-state index contributed by atoms with van der Waals surface area (Å²) in [6.45, 7) is 2.23. The number of piperidine rings is 1. The zero-order valence-electron chi connectivity index (χ0n) is 13.3. The monoisotopic (exact) mass is 310 g/mol. The Kier molecular flexibility index (Phi) is 5.49. The van der Waals surface area contributed by atoms with Gasteiger partial charge in [-0.15, -0.1) is 0 Å². The van der Waals surface area contributed by atoms with E-state index in [-0.39, 0.29) is 11.9 Å². The van der Waals surface area contributed by atoms with Crippen LogP contribution in [-0.2, 0) is 4.79 Å². The molecule has 120 valence electrons. The Bertz CT molecular complexity index is 363. The van der Waals surface area contributed by atoms with Crippen molar-refractivity contribution in [1.82, 2.24) is 10.6 Å². The van der Waals surface area contributed by atoms with Gasteiger partial charge in [-0.05, 0) is 56.6 Å². The third-order valence-electron chi connectivity index (χ3n) is 5.60. The molecular weight excluding hydrogens is 280 g/mol. The molecule has 5 unspecified atom stereocenters. The second-order valence-corrected chi connectivity index (χ2v) is 8.62. The molecule has 2 N–H and O–H groups in total. The first-order valence-electron chi connectivity index (χ1n) is 8.94. The zero-order chi connectivity index (χ0) is 14.7. The molecule has 0 bridgehead atoms. The highest BCUT2D eigenvalue weighted by Gasteiger charge is 2.35. The van der Waals surface area contributed by atoms with E-state index in [1.54, 1.807) is 0 Å². The minimum Gasteiger partial charge on any atom is -0.352 e. The highest BCUT2D eigenvalue weighted by atomic mass is 32.2. The predicted molar refractivity (Wildman–Crippen MR) is 89.6 cm³/mol. The predicted octanol–water partition coefficient (Wildman–Crippen LogP) is 3.09. The molecular formula is C17H30N2OS. The number of thioether (sulfide) groups is 1. The topological polar surface area (TPSA) is 41.1 Å². The third-order valence-corrected chi connectivity index (χ3v) is 6.83. The maximum Gasteiger partial charge on any atom is 0.237 e. The van der Waals surface area contributed by atoms with Crippen LogP contribution in [0.1, 0.15) is 64.7 Å². The molecule has 0 aromatic heterocycles. The number of carbonyl (C=O) groups is 1. The van der Waals surface area contributed by atoms with Crippen molar-refractivity contribution in [1.29, 1.82) is 0 Å². The van der Waals surface area contributed by atoms with Gasteiger partial charge in [0, 0.05) is 17.3 Å². The molecule has 0 radical (unpaired) electrons. The molecule has 0 aromatic carbocycles. The number of nitrogens with one attached hydrogen (secondary N) is 2. The minimum absolute atomic E-state index is 0.0715. The Balaban J connectivity index is 1.45. The Hall–Kier alpha value is -0.220. The first-order chi connectivity index (χ1) is 10.3. The summed E-state index contributed by atoms with van der Waals surface area (Å²) in [4.78, 5) is 12.5. The van der Waals surface area contributed by atoms with E-state index < -0.39 is 0 Å². The standard InChI is InChI=1S/C17H30N2OS/c1-2-21-14-9-8-13(11-14)18-17(20)16-10-7-12-5-3-4-6-15(12)19-16/h12-16,19H,2-11H2,1H3,(H,18,20). The van der Waals surface area contributed by atoms with Crippen LogP contribution in [0.4, 0.5) is 0 Å². The molecule has 2 aliphatic carbocycles. The largest absolute Gasteiger partial charge is 0.352 e. The fraction of sp³-hybridized carbons (Fsp3) is 0.941. The molecule has 0 spiro atoms. The SMILES string of the molecule is CCSC1CCC(NC(=O)C2CCC3CCCCC3N2)C1. The molecule has 4 heteroatoms. The molecule has 1 heterocycles. The van der Waals surface area contributed by atoms with Crippen LogP contribution in [0, 0.1) is 5.92 Å². The van der Waals surface area contributed by atoms with Gasteiger partial charge in [0.25, 0.3) is 0 Å². The molecule has 3 nitrogen and oxygen atoms in total. The normalized spacial score (nSPS) is 39.8. The second-order valence-electron chi connectivity index (χ2n) is 7.04. The van der Waals surface area contributed by atoms with E-state index in [1.807, 2.05) is 0 Å². The maximum atomic E-state index is 12.5. The molecule has 3 rings (SSSR count). The van der Waals surface area contributed by atoms with Crippen molar-refractivity contribution >= 4 is 17.7 Å². The van der Waals surface area contributed by atoms with Gasteiger partial charge in [-0.1, -0.05) is 19.8 Å². The fourth-order valence-corrected chi connectivity index (χ4v) is 5.60. The van der Waals surface area contributed by atoms with Gasteiger partial charge in [0.2, 0.25) is 5.91 Å². The lowest BCUT2D eigenvalue weighted by atomic mass is 9.77. The number of hydrogen-bond acceptors (Lipinski definition) is 3. The quantitative estimate of drug-likeness (QED) is 0.838. The Morgan fingerprint density at radius 2 is 2.00 bits per heavy atom. The highest BCUT2D eigenvalue weighted by Crippen LogP contribution is 2.33. The number of amides is 1. The van der Waals surface area contributed by atoms with E-state index >= 15 is 0 Å². The van der Waals surface area contributed by atoms with Crippen LogP contribution in [0.2, 0.25) is 0 Å². The van der Waals surface area contributed by atoms with Crippen molar-refractivity contribution in [2.75, 3.05) is 5.75 Å². The summed E-state index contributed by atoms with van der Waals surface area (Å²) < 4.78 is 0. The molecule has 3 fully saturated rings. The summed E-state index contributed by atoms with van der Waals surface area (Å²) in [5, 5.41) is 7.73. The molecule has 2 saturated carbocycles. The summed E-state index contributed by atoms with van der Waals surface area (Å²) >= 11 is 2.05. The molecule has 5 atom stereocenters. The number of rotatable bonds is 4. The molecule has 1 amide bonds. The number of fused-ring (bicyclic) bond motifs is 1. The minimum atomic E-state index is 0.0715. The molecule has 1 saturated heterocycles. The average Bonchev–Trinajstić information content (AvgIpc) is 2.94. The van der Waals surface area contributed by atoms with E-state index in [0.29, 0.717) is 12.1 Å². The van der Waals surface area contributed by atoms with Gasteiger partial charge in [-0.3, -0.25) is 4.79 Å². The van der Waals surface area contributed by atoms with Crippen LogP contribution >= 0.6 is 11.8 Å². The van der Waals surface area contributed by atoms with Gasteiger partial charge in [-0.2, -0.15) is 11.8 Å². The molecule has 3 aliphatic rings. The van der Waals surface area contributed by atoms with Gasteiger partial charge in [-0.25, -0.2) is 0 Å². The summed E-state index contributed by atoms with van der Waals surface area (Å²) in [5.41, 5.74) is 0. The van der Waals surface area contributed by atoms with Crippen molar-refractivity contribution in [3.63, 3.8) is 0 Å². The van der Waals surface area contributed by atoms with Crippen molar-refractivity contribution < 1.29 is 4.79 Å². The Labute approximate surface area is 133 Å². The molecule has 0 aromatic rings.